The van der Waals surface area contributed by atoms with E-state index in [2.05, 4.69) is 36.3 Å². The van der Waals surface area contributed by atoms with Crippen LogP contribution >= 0.6 is 0 Å². The molecule has 1 aliphatic heterocycles. The van der Waals surface area contributed by atoms with Gasteiger partial charge in [0, 0.05) is 38.5 Å². The van der Waals surface area contributed by atoms with E-state index in [1.165, 1.54) is 17.0 Å². The van der Waals surface area contributed by atoms with Gasteiger partial charge in [-0.05, 0) is 116 Å². The summed E-state index contributed by atoms with van der Waals surface area (Å²) in [5.41, 5.74) is -0.269. The minimum Gasteiger partial charge on any atom is -0.444 e. The highest BCUT2D eigenvalue weighted by atomic mass is 32.2. The molecule has 78 heavy (non-hydrogen) atoms. The van der Waals surface area contributed by atoms with E-state index in [1.54, 1.807) is 114 Å². The van der Waals surface area contributed by atoms with Gasteiger partial charge in [-0.3, -0.25) is 49.3 Å². The molecule has 1 fully saturated rings. The maximum absolute atomic E-state index is 14.6. The van der Waals surface area contributed by atoms with Crippen LogP contribution in [0.5, 0.6) is 0 Å². The van der Waals surface area contributed by atoms with Crippen molar-refractivity contribution in [2.75, 3.05) is 26.2 Å². The van der Waals surface area contributed by atoms with Crippen LogP contribution in [-0.4, -0.2) is 116 Å². The fraction of sp³-hybridized carbons (Fsp3) is 0.526. The standard InChI is InChI=1S/C57H78N8O12S/c1-56(2,3)76-54(72)63-53(64-55(73)77-57(4,5)6)59-34-23-33-45(49(68)62-46(38-39-24-13-11-14-25-39)47(66)50(69)58-35-36-60-78(74,75)41-28-15-12-16-29-41)61-48(67)42(40-26-18-19-27-40)30-17-9-7-8-10-22-37-65-51(70)43-31-20-21-32-44(43)52(65)71/h11-16,20-21,24-25,28-29,31-32,40,42,45-46,60H,7-10,17-19,22-23,26-27,30,33-38H2,1-6H3,(H,58,69)(H,61,67)(H,62,68)(H2,59,63,64,72,73)/t42?,45-,46-/m0/s1. The molecule has 1 aliphatic carbocycles. The van der Waals surface area contributed by atoms with Crippen LogP contribution in [0.3, 0.4) is 0 Å². The molecule has 0 bridgehead atoms. The summed E-state index contributed by atoms with van der Waals surface area (Å²) in [7, 11) is -3.90. The minimum atomic E-state index is -3.90. The average Bonchev–Trinajstić information content (AvgIpc) is 4.03. The first-order valence-electron chi connectivity index (χ1n) is 27.0. The summed E-state index contributed by atoms with van der Waals surface area (Å²) in [5, 5.41) is 13.1. The van der Waals surface area contributed by atoms with Crippen LogP contribution in [0.2, 0.25) is 0 Å². The molecule has 0 radical (unpaired) electrons. The Morgan fingerprint density at radius 2 is 1.17 bits per heavy atom. The smallest absolute Gasteiger partial charge is 0.414 e. The molecule has 0 saturated heterocycles. The first-order valence-corrected chi connectivity index (χ1v) is 28.5. The summed E-state index contributed by atoms with van der Waals surface area (Å²) < 4.78 is 38.6. The van der Waals surface area contributed by atoms with Crippen molar-refractivity contribution in [3.8, 4) is 0 Å². The number of fused-ring (bicyclic) bond motifs is 1. The highest BCUT2D eigenvalue weighted by molar-refractivity contribution is 7.89. The van der Waals surface area contributed by atoms with Crippen LogP contribution in [0.25, 0.3) is 0 Å². The van der Waals surface area contributed by atoms with Gasteiger partial charge in [-0.2, -0.15) is 0 Å². The summed E-state index contributed by atoms with van der Waals surface area (Å²) in [6, 6.07) is 20.6. The second-order valence-electron chi connectivity index (χ2n) is 21.6. The maximum Gasteiger partial charge on any atom is 0.414 e. The summed E-state index contributed by atoms with van der Waals surface area (Å²) in [6.45, 7) is 9.81. The first kappa shape index (κ1) is 61.8. The Morgan fingerprint density at radius 3 is 1.74 bits per heavy atom. The monoisotopic (exact) mass is 1100 g/mol. The van der Waals surface area contributed by atoms with Gasteiger partial charge in [0.1, 0.15) is 23.3 Å². The van der Waals surface area contributed by atoms with Crippen LogP contribution in [0, 0.1) is 11.8 Å². The number of rotatable bonds is 27. The Labute approximate surface area is 458 Å². The van der Waals surface area contributed by atoms with Crippen molar-refractivity contribution in [2.45, 2.75) is 160 Å². The number of ketones is 1. The number of alkyl carbamates (subject to hydrolysis) is 2. The molecule has 1 unspecified atom stereocenters. The maximum atomic E-state index is 14.6. The van der Waals surface area contributed by atoms with Gasteiger partial charge >= 0.3 is 12.2 Å². The van der Waals surface area contributed by atoms with E-state index in [0.29, 0.717) is 36.1 Å². The number of imide groups is 1. The third kappa shape index (κ3) is 20.4. The van der Waals surface area contributed by atoms with Crippen LogP contribution < -0.4 is 31.3 Å². The normalized spacial score (nSPS) is 14.8. The van der Waals surface area contributed by atoms with Crippen LogP contribution in [0.15, 0.2) is 94.8 Å². The van der Waals surface area contributed by atoms with Gasteiger partial charge in [-0.15, -0.1) is 0 Å². The van der Waals surface area contributed by atoms with Gasteiger partial charge in [0.15, 0.2) is 0 Å². The van der Waals surface area contributed by atoms with E-state index in [9.17, 15) is 46.8 Å². The van der Waals surface area contributed by atoms with E-state index >= 15 is 0 Å². The number of guanidine groups is 1. The van der Waals surface area contributed by atoms with Gasteiger partial charge < -0.3 is 25.4 Å². The second-order valence-corrected chi connectivity index (χ2v) is 23.4. The zero-order chi connectivity index (χ0) is 56.9. The number of unbranched alkanes of at least 4 members (excludes halogenated alkanes) is 5. The van der Waals surface area contributed by atoms with E-state index in [4.69, 9.17) is 9.47 Å². The first-order chi connectivity index (χ1) is 37.0. The van der Waals surface area contributed by atoms with Crippen molar-refractivity contribution >= 4 is 63.5 Å². The molecule has 1 saturated carbocycles. The number of hydrogen-bond donors (Lipinski definition) is 6. The molecule has 0 aromatic heterocycles. The lowest BCUT2D eigenvalue weighted by molar-refractivity contribution is -0.140. The van der Waals surface area contributed by atoms with Crippen LogP contribution in [0.1, 0.15) is 151 Å². The molecule has 3 aromatic rings. The number of amides is 7. The van der Waals surface area contributed by atoms with Crippen molar-refractivity contribution in [3.05, 3.63) is 102 Å². The number of nitrogens with zero attached hydrogens (tertiary/aromatic N) is 2. The van der Waals surface area contributed by atoms with Gasteiger partial charge in [-0.1, -0.05) is 106 Å². The van der Waals surface area contributed by atoms with E-state index in [1.807, 2.05) is 0 Å². The number of aliphatic imine (C=N–C) groups is 1. The van der Waals surface area contributed by atoms with Crippen LogP contribution in [-0.2, 0) is 45.1 Å². The zero-order valence-electron chi connectivity index (χ0n) is 45.8. The van der Waals surface area contributed by atoms with Gasteiger partial charge in [0.2, 0.25) is 33.6 Å². The molecular formula is C57H78N8O12S. The molecule has 7 amide bonds. The Balaban J connectivity index is 1.28. The number of Topliss-reactive ketones (excluding diaryl/α,β-unsaturated/α-hetero) is 1. The second kappa shape index (κ2) is 29.7. The lowest BCUT2D eigenvalue weighted by Crippen LogP contribution is -2.55. The molecule has 5 rings (SSSR count). The number of ether oxygens (including phenoxy) is 2. The summed E-state index contributed by atoms with van der Waals surface area (Å²) in [6.07, 6.45) is 7.23. The molecule has 1 heterocycles. The fourth-order valence-electron chi connectivity index (χ4n) is 9.29. The summed E-state index contributed by atoms with van der Waals surface area (Å²) in [4.78, 5) is 114. The number of carbonyl (C=O) groups is 8. The lowest BCUT2D eigenvalue weighted by Gasteiger charge is -2.27. The van der Waals surface area contributed by atoms with Gasteiger partial charge in [-0.25, -0.2) is 22.7 Å². The highest BCUT2D eigenvalue weighted by Gasteiger charge is 2.36. The predicted molar refractivity (Wildman–Crippen MR) is 294 cm³/mol. The fourth-order valence-corrected chi connectivity index (χ4v) is 10.3. The Bertz CT molecular complexity index is 2620. The van der Waals surface area contributed by atoms with E-state index < -0.39 is 69.0 Å². The molecule has 3 atom stereocenters. The van der Waals surface area contributed by atoms with Gasteiger partial charge in [0.25, 0.3) is 17.7 Å². The Morgan fingerprint density at radius 1 is 0.641 bits per heavy atom. The predicted octanol–water partition coefficient (Wildman–Crippen LogP) is 6.88. The van der Waals surface area contributed by atoms with Crippen molar-refractivity contribution in [1.82, 2.24) is 36.2 Å². The summed E-state index contributed by atoms with van der Waals surface area (Å²) in [5.74, 6) is -4.28. The topological polar surface area (TPSA) is 277 Å². The van der Waals surface area contributed by atoms with Crippen molar-refractivity contribution < 1.29 is 56.2 Å². The van der Waals surface area contributed by atoms with Crippen LogP contribution in [0.4, 0.5) is 9.59 Å². The minimum absolute atomic E-state index is 0.0225. The molecule has 0 spiro atoms. The number of nitrogens with one attached hydrogen (secondary N) is 6. The number of sulfonamides is 1. The van der Waals surface area contributed by atoms with E-state index in [0.717, 1.165) is 57.8 Å². The summed E-state index contributed by atoms with van der Waals surface area (Å²) >= 11 is 0. The largest absolute Gasteiger partial charge is 0.444 e. The van der Waals surface area contributed by atoms with Gasteiger partial charge in [0.05, 0.1) is 16.0 Å². The number of carbonyl (C=O) groups excluding carboxylic acids is 8. The van der Waals surface area contributed by atoms with E-state index in [-0.39, 0.29) is 73.4 Å². The van der Waals surface area contributed by atoms with Crippen molar-refractivity contribution in [3.63, 3.8) is 0 Å². The Hall–Kier alpha value is -7.00. The molecule has 21 heteroatoms. The molecular weight excluding hydrogens is 1020 g/mol. The Kier molecular flexibility index (Phi) is 23.5. The SMILES string of the molecule is CC(C)(C)OC(=O)NC(=NCCC[C@H](NC(=O)C(CCCCCCCCN1C(=O)c2ccccc2C1=O)C1CCCC1)C(=O)N[C@@H](Cc1ccccc1)C(=O)C(=O)NCCNS(=O)(=O)c1ccccc1)NC(=O)OC(C)(C)C. The number of hydrogen-bond acceptors (Lipinski definition) is 13. The molecule has 2 aliphatic rings. The molecule has 20 nitrogen and oxygen atoms in total. The van der Waals surface area contributed by atoms with Crippen molar-refractivity contribution in [1.29, 1.82) is 0 Å². The third-order valence-corrected chi connectivity index (χ3v) is 14.5. The number of benzene rings is 3. The molecule has 424 valence electrons. The average molecular weight is 1100 g/mol. The quantitative estimate of drug-likeness (QED) is 0.0150. The highest BCUT2D eigenvalue weighted by Crippen LogP contribution is 2.35. The lowest BCUT2D eigenvalue weighted by atomic mass is 9.85. The zero-order valence-corrected chi connectivity index (χ0v) is 46.6. The third-order valence-electron chi connectivity index (χ3n) is 13.0. The molecule has 3 aromatic carbocycles. The molecule has 6 N–H and O–H groups in total. The van der Waals surface area contributed by atoms with Crippen molar-refractivity contribution in [2.24, 2.45) is 16.8 Å².